The fourth-order valence-electron chi connectivity index (χ4n) is 0.779. The zero-order valence-electron chi connectivity index (χ0n) is 9.22. The van der Waals surface area contributed by atoms with Crippen molar-refractivity contribution < 1.29 is 14.6 Å². The molecule has 3 nitrogen and oxygen atoms in total. The molecule has 0 unspecified atom stereocenters. The third-order valence-electron chi connectivity index (χ3n) is 1.40. The number of Topliss-reactive ketones (excluding diaryl/α,β-unsaturated/α-hetero) is 1. The van der Waals surface area contributed by atoms with Crippen molar-refractivity contribution in [1.82, 2.24) is 0 Å². The summed E-state index contributed by atoms with van der Waals surface area (Å²) in [4.78, 5) is 21.1. The molecule has 0 fully saturated rings. The van der Waals surface area contributed by atoms with Crippen LogP contribution in [0.1, 0.15) is 47.5 Å². The fourth-order valence-corrected chi connectivity index (χ4v) is 0.779. The maximum atomic E-state index is 10.8. The Morgan fingerprint density at radius 3 is 2.23 bits per heavy atom. The third kappa shape index (κ3) is 7.94. The Kier molecular flexibility index (Phi) is 5.18. The maximum absolute atomic E-state index is 10.8. The number of ketones is 1. The van der Waals surface area contributed by atoms with Crippen LogP contribution in [0.3, 0.4) is 0 Å². The molecular weight excluding hydrogens is 168 g/mol. The van der Waals surface area contributed by atoms with Crippen LogP contribution < -0.4 is 0 Å². The molecule has 0 radical (unpaired) electrons. The Morgan fingerprint density at radius 1 is 1.38 bits per heavy atom. The van der Waals surface area contributed by atoms with Crippen molar-refractivity contribution in [3.8, 4) is 0 Å². The number of rotatable bonds is 5. The molecule has 0 bridgehead atoms. The summed E-state index contributed by atoms with van der Waals surface area (Å²) in [5.41, 5.74) is -0.315. The second-order valence-electron chi connectivity index (χ2n) is 4.23. The molecule has 0 spiro atoms. The number of hydrogen-bond acceptors (Lipinski definition) is 3. The first kappa shape index (κ1) is 12.6. The summed E-state index contributed by atoms with van der Waals surface area (Å²) in [7, 11) is 0. The van der Waals surface area contributed by atoms with Crippen LogP contribution in [0.5, 0.6) is 0 Å². The largest absolute Gasteiger partial charge is 0.300 e. The molecule has 0 amide bonds. The van der Waals surface area contributed by atoms with Crippen LogP contribution in [0.4, 0.5) is 0 Å². The van der Waals surface area contributed by atoms with Gasteiger partial charge < -0.3 is 0 Å². The zero-order chi connectivity index (χ0) is 10.5. The lowest BCUT2D eigenvalue weighted by Gasteiger charge is -2.21. The molecule has 1 atom stereocenters. The Labute approximate surface area is 80.3 Å². The maximum Gasteiger partial charge on any atom is 0.132 e. The van der Waals surface area contributed by atoms with Gasteiger partial charge in [0.05, 0.1) is 11.7 Å². The number of carbonyl (C=O) groups is 1. The molecular formula is C10H20O3. The van der Waals surface area contributed by atoms with Crippen LogP contribution in [-0.2, 0) is 14.6 Å². The van der Waals surface area contributed by atoms with E-state index in [4.69, 9.17) is 9.78 Å². The van der Waals surface area contributed by atoms with Crippen molar-refractivity contribution in [3.05, 3.63) is 0 Å². The summed E-state index contributed by atoms with van der Waals surface area (Å²) >= 11 is 0. The molecule has 3 heteroatoms. The minimum Gasteiger partial charge on any atom is -0.300 e. The molecule has 0 aromatic rings. The van der Waals surface area contributed by atoms with Crippen LogP contribution in [0.2, 0.25) is 0 Å². The van der Waals surface area contributed by atoms with Crippen molar-refractivity contribution in [2.45, 2.75) is 59.2 Å². The van der Waals surface area contributed by atoms with Crippen molar-refractivity contribution in [1.29, 1.82) is 0 Å². The van der Waals surface area contributed by atoms with E-state index in [1.165, 1.54) is 0 Å². The van der Waals surface area contributed by atoms with Gasteiger partial charge in [0.1, 0.15) is 5.78 Å². The van der Waals surface area contributed by atoms with Gasteiger partial charge in [-0.3, -0.25) is 4.79 Å². The van der Waals surface area contributed by atoms with Gasteiger partial charge >= 0.3 is 0 Å². The standard InChI is InChI=1S/C10H20O3/c1-6-9(7-8(2)11)12-13-10(3,4)5/h9H,6-7H2,1-5H3/t9-/m1/s1. The van der Waals surface area contributed by atoms with Crippen LogP contribution >= 0.6 is 0 Å². The van der Waals surface area contributed by atoms with E-state index in [0.717, 1.165) is 6.42 Å². The predicted octanol–water partition coefficient (Wildman–Crippen LogP) is 2.49. The minimum atomic E-state index is -0.315. The van der Waals surface area contributed by atoms with E-state index in [1.807, 2.05) is 27.7 Å². The highest BCUT2D eigenvalue weighted by Crippen LogP contribution is 2.12. The summed E-state index contributed by atoms with van der Waals surface area (Å²) in [5.74, 6) is 0.129. The molecule has 0 aromatic heterocycles. The highest BCUT2D eigenvalue weighted by molar-refractivity contribution is 5.75. The second-order valence-corrected chi connectivity index (χ2v) is 4.23. The summed E-state index contributed by atoms with van der Waals surface area (Å²) in [6.45, 7) is 9.26. The SMILES string of the molecule is CC[C@H](CC(C)=O)OOC(C)(C)C. The zero-order valence-corrected chi connectivity index (χ0v) is 9.22. The van der Waals surface area contributed by atoms with E-state index in [0.29, 0.717) is 6.42 Å². The Morgan fingerprint density at radius 2 is 1.92 bits per heavy atom. The molecule has 0 saturated carbocycles. The molecule has 78 valence electrons. The van der Waals surface area contributed by atoms with Gasteiger partial charge in [-0.25, -0.2) is 9.78 Å². The van der Waals surface area contributed by atoms with E-state index in [1.54, 1.807) is 6.92 Å². The summed E-state index contributed by atoms with van der Waals surface area (Å²) in [5, 5.41) is 0. The Bertz CT molecular complexity index is 158. The fraction of sp³-hybridized carbons (Fsp3) is 0.900. The number of carbonyl (C=O) groups excluding carboxylic acids is 1. The van der Waals surface area contributed by atoms with Gasteiger partial charge in [0.15, 0.2) is 0 Å². The highest BCUT2D eigenvalue weighted by atomic mass is 17.2. The van der Waals surface area contributed by atoms with E-state index >= 15 is 0 Å². The topological polar surface area (TPSA) is 35.5 Å². The van der Waals surface area contributed by atoms with Gasteiger partial charge in [-0.1, -0.05) is 6.92 Å². The average Bonchev–Trinajstić information content (AvgIpc) is 1.95. The molecule has 13 heavy (non-hydrogen) atoms. The monoisotopic (exact) mass is 188 g/mol. The lowest BCUT2D eigenvalue weighted by atomic mass is 10.1. The van der Waals surface area contributed by atoms with E-state index < -0.39 is 0 Å². The summed E-state index contributed by atoms with van der Waals surface area (Å²) in [6, 6.07) is 0. The second kappa shape index (κ2) is 5.35. The molecule has 0 aliphatic rings. The quantitative estimate of drug-likeness (QED) is 0.491. The van der Waals surface area contributed by atoms with Gasteiger partial charge in [0.2, 0.25) is 0 Å². The van der Waals surface area contributed by atoms with Gasteiger partial charge in [0.25, 0.3) is 0 Å². The Hall–Kier alpha value is -0.410. The molecule has 0 aliphatic heterocycles. The van der Waals surface area contributed by atoms with Gasteiger partial charge in [0, 0.05) is 6.42 Å². The van der Waals surface area contributed by atoms with Crippen molar-refractivity contribution in [3.63, 3.8) is 0 Å². The molecule has 0 aromatic carbocycles. The average molecular weight is 188 g/mol. The van der Waals surface area contributed by atoms with Gasteiger partial charge in [-0.2, -0.15) is 0 Å². The third-order valence-corrected chi connectivity index (χ3v) is 1.40. The normalized spacial score (nSPS) is 14.2. The molecule has 0 rings (SSSR count). The Balaban J connectivity index is 3.79. The van der Waals surface area contributed by atoms with E-state index in [-0.39, 0.29) is 17.5 Å². The predicted molar refractivity (Wildman–Crippen MR) is 51.3 cm³/mol. The molecule has 0 N–H and O–H groups in total. The highest BCUT2D eigenvalue weighted by Gasteiger charge is 2.16. The van der Waals surface area contributed by atoms with Crippen molar-refractivity contribution in [2.75, 3.05) is 0 Å². The molecule has 0 heterocycles. The molecule has 0 saturated heterocycles. The van der Waals surface area contributed by atoms with E-state index in [2.05, 4.69) is 0 Å². The first-order valence-electron chi connectivity index (χ1n) is 4.69. The number of hydrogen-bond donors (Lipinski definition) is 0. The van der Waals surface area contributed by atoms with Crippen LogP contribution in [-0.4, -0.2) is 17.5 Å². The van der Waals surface area contributed by atoms with Crippen LogP contribution in [0, 0.1) is 0 Å². The first-order chi connectivity index (χ1) is 5.85. The summed E-state index contributed by atoms with van der Waals surface area (Å²) < 4.78 is 0. The smallest absolute Gasteiger partial charge is 0.132 e. The van der Waals surface area contributed by atoms with Crippen LogP contribution in [0.25, 0.3) is 0 Å². The summed E-state index contributed by atoms with van der Waals surface area (Å²) in [6.07, 6.45) is 1.10. The van der Waals surface area contributed by atoms with Gasteiger partial charge in [-0.05, 0) is 34.1 Å². The van der Waals surface area contributed by atoms with Crippen LogP contribution in [0.15, 0.2) is 0 Å². The molecule has 0 aliphatic carbocycles. The van der Waals surface area contributed by atoms with Gasteiger partial charge in [-0.15, -0.1) is 0 Å². The van der Waals surface area contributed by atoms with E-state index in [9.17, 15) is 4.79 Å². The van der Waals surface area contributed by atoms with Crippen molar-refractivity contribution >= 4 is 5.78 Å². The lowest BCUT2D eigenvalue weighted by molar-refractivity contribution is -0.372. The lowest BCUT2D eigenvalue weighted by Crippen LogP contribution is -2.25. The minimum absolute atomic E-state index is 0.114. The first-order valence-corrected chi connectivity index (χ1v) is 4.69. The van der Waals surface area contributed by atoms with Crippen molar-refractivity contribution in [2.24, 2.45) is 0 Å².